The van der Waals surface area contributed by atoms with E-state index in [0.29, 0.717) is 12.5 Å². The largest absolute Gasteiger partial charge is 0.493 e. The van der Waals surface area contributed by atoms with Crippen LogP contribution in [-0.4, -0.2) is 20.2 Å². The Morgan fingerprint density at radius 2 is 1.95 bits per heavy atom. The molecule has 1 aliphatic rings. The predicted molar refractivity (Wildman–Crippen MR) is 88.6 cm³/mol. The zero-order chi connectivity index (χ0) is 15.2. The summed E-state index contributed by atoms with van der Waals surface area (Å²) in [5.41, 5.74) is 2.49. The summed E-state index contributed by atoms with van der Waals surface area (Å²) in [6, 6.07) is 16.5. The van der Waals surface area contributed by atoms with Gasteiger partial charge in [-0.05, 0) is 48.6 Å². The predicted octanol–water partition coefficient (Wildman–Crippen LogP) is 3.74. The second kappa shape index (κ2) is 7.32. The Kier molecular flexibility index (Phi) is 4.96. The van der Waals surface area contributed by atoms with Crippen molar-refractivity contribution in [3.05, 3.63) is 59.7 Å². The zero-order valence-corrected chi connectivity index (χ0v) is 13.0. The van der Waals surface area contributed by atoms with E-state index in [2.05, 4.69) is 29.6 Å². The molecule has 2 aromatic rings. The van der Waals surface area contributed by atoms with Gasteiger partial charge in [0.1, 0.15) is 6.61 Å². The molecule has 1 aliphatic heterocycles. The molecule has 0 aliphatic carbocycles. The highest BCUT2D eigenvalue weighted by Gasteiger charge is 2.17. The summed E-state index contributed by atoms with van der Waals surface area (Å²) in [6.07, 6.45) is 2.47. The Morgan fingerprint density at radius 1 is 1.09 bits per heavy atom. The van der Waals surface area contributed by atoms with Gasteiger partial charge in [0.05, 0.1) is 7.11 Å². The summed E-state index contributed by atoms with van der Waals surface area (Å²) < 4.78 is 11.4. The highest BCUT2D eigenvalue weighted by Crippen LogP contribution is 2.33. The van der Waals surface area contributed by atoms with Gasteiger partial charge in [0.25, 0.3) is 0 Å². The van der Waals surface area contributed by atoms with E-state index in [0.717, 1.165) is 30.2 Å². The van der Waals surface area contributed by atoms with Gasteiger partial charge in [-0.2, -0.15) is 0 Å². The molecule has 1 heterocycles. The Bertz CT molecular complexity index is 592. The molecule has 22 heavy (non-hydrogen) atoms. The maximum absolute atomic E-state index is 5.92. The van der Waals surface area contributed by atoms with E-state index in [4.69, 9.17) is 9.47 Å². The average molecular weight is 297 g/mol. The molecule has 0 aromatic heterocycles. The van der Waals surface area contributed by atoms with Gasteiger partial charge in [-0.25, -0.2) is 0 Å². The van der Waals surface area contributed by atoms with Crippen LogP contribution in [0.3, 0.4) is 0 Å². The van der Waals surface area contributed by atoms with Crippen LogP contribution >= 0.6 is 0 Å². The van der Waals surface area contributed by atoms with Gasteiger partial charge >= 0.3 is 0 Å². The van der Waals surface area contributed by atoms with Crippen LogP contribution in [0, 0.1) is 0 Å². The van der Waals surface area contributed by atoms with Gasteiger partial charge in [0.2, 0.25) is 0 Å². The lowest BCUT2D eigenvalue weighted by molar-refractivity contribution is 0.284. The van der Waals surface area contributed by atoms with E-state index in [1.54, 1.807) is 7.11 Å². The number of hydrogen-bond acceptors (Lipinski definition) is 3. The van der Waals surface area contributed by atoms with Crippen molar-refractivity contribution >= 4 is 0 Å². The second-order valence-electron chi connectivity index (χ2n) is 5.73. The number of methoxy groups -OCH3 is 1. The third-order valence-electron chi connectivity index (χ3n) is 4.19. The van der Waals surface area contributed by atoms with E-state index < -0.39 is 0 Å². The van der Waals surface area contributed by atoms with Crippen molar-refractivity contribution in [2.24, 2.45) is 0 Å². The van der Waals surface area contributed by atoms with Crippen LogP contribution < -0.4 is 14.8 Å². The Labute approximate surface area is 132 Å². The van der Waals surface area contributed by atoms with E-state index in [1.807, 2.05) is 24.3 Å². The average Bonchev–Trinajstić information content (AvgIpc) is 2.61. The molecule has 2 aromatic carbocycles. The molecule has 1 N–H and O–H groups in total. The first-order chi connectivity index (χ1) is 10.9. The zero-order valence-electron chi connectivity index (χ0n) is 13.0. The quantitative estimate of drug-likeness (QED) is 0.912. The summed E-state index contributed by atoms with van der Waals surface area (Å²) in [4.78, 5) is 0. The summed E-state index contributed by atoms with van der Waals surface area (Å²) in [7, 11) is 1.70. The van der Waals surface area contributed by atoms with Crippen molar-refractivity contribution in [1.29, 1.82) is 0 Å². The van der Waals surface area contributed by atoms with Crippen LogP contribution in [0.1, 0.15) is 29.9 Å². The molecule has 0 radical (unpaired) electrons. The highest BCUT2D eigenvalue weighted by atomic mass is 16.5. The fourth-order valence-electron chi connectivity index (χ4n) is 2.93. The molecule has 3 heteroatoms. The maximum atomic E-state index is 5.92. The summed E-state index contributed by atoms with van der Waals surface area (Å²) in [5, 5.41) is 3.46. The van der Waals surface area contributed by atoms with Crippen molar-refractivity contribution in [3.8, 4) is 11.5 Å². The van der Waals surface area contributed by atoms with E-state index >= 15 is 0 Å². The second-order valence-corrected chi connectivity index (χ2v) is 5.73. The lowest BCUT2D eigenvalue weighted by Gasteiger charge is -2.24. The normalized spacial score (nSPS) is 18.0. The number of rotatable bonds is 5. The number of piperidine rings is 1. The summed E-state index contributed by atoms with van der Waals surface area (Å²) in [5.74, 6) is 2.20. The molecule has 0 spiro atoms. The molecule has 1 unspecified atom stereocenters. The molecular formula is C19H23NO2. The molecular weight excluding hydrogens is 274 g/mol. The van der Waals surface area contributed by atoms with E-state index in [1.165, 1.54) is 18.4 Å². The number of ether oxygens (including phenoxy) is 2. The molecule has 116 valence electrons. The maximum Gasteiger partial charge on any atom is 0.161 e. The molecule has 0 amide bonds. The first-order valence-electron chi connectivity index (χ1n) is 7.92. The topological polar surface area (TPSA) is 30.5 Å². The third-order valence-corrected chi connectivity index (χ3v) is 4.19. The third kappa shape index (κ3) is 3.60. The molecule has 3 rings (SSSR count). The number of benzene rings is 2. The van der Waals surface area contributed by atoms with Crippen LogP contribution in [0.4, 0.5) is 0 Å². The lowest BCUT2D eigenvalue weighted by atomic mass is 9.91. The molecule has 1 atom stereocenters. The minimum absolute atomic E-state index is 0.557. The molecule has 3 nitrogen and oxygen atoms in total. The summed E-state index contributed by atoms with van der Waals surface area (Å²) >= 11 is 0. The monoisotopic (exact) mass is 297 g/mol. The van der Waals surface area contributed by atoms with Crippen molar-refractivity contribution < 1.29 is 9.47 Å². The Hall–Kier alpha value is -2.00. The molecule has 1 saturated heterocycles. The van der Waals surface area contributed by atoms with E-state index in [-0.39, 0.29) is 0 Å². The number of nitrogens with one attached hydrogen (secondary N) is 1. The van der Waals surface area contributed by atoms with Crippen LogP contribution in [-0.2, 0) is 6.61 Å². The van der Waals surface area contributed by atoms with Gasteiger partial charge in [0.15, 0.2) is 11.5 Å². The van der Waals surface area contributed by atoms with Crippen LogP contribution in [0.2, 0.25) is 0 Å². The SMILES string of the molecule is COc1cc(C2CCCNC2)ccc1OCc1ccccc1. The minimum atomic E-state index is 0.557. The number of hydrogen-bond donors (Lipinski definition) is 1. The first kappa shape index (κ1) is 14.9. The minimum Gasteiger partial charge on any atom is -0.493 e. The molecule has 0 saturated carbocycles. The van der Waals surface area contributed by atoms with Crippen molar-refractivity contribution in [2.75, 3.05) is 20.2 Å². The van der Waals surface area contributed by atoms with Crippen molar-refractivity contribution in [1.82, 2.24) is 5.32 Å². The molecule has 0 bridgehead atoms. The van der Waals surface area contributed by atoms with Crippen LogP contribution in [0.25, 0.3) is 0 Å². The standard InChI is InChI=1S/C19H23NO2/c1-21-19-12-16(17-8-5-11-20-13-17)9-10-18(19)22-14-15-6-3-2-4-7-15/h2-4,6-7,9-10,12,17,20H,5,8,11,13-14H2,1H3. The summed E-state index contributed by atoms with van der Waals surface area (Å²) in [6.45, 7) is 2.74. The Balaban J connectivity index is 1.71. The fraction of sp³-hybridized carbons (Fsp3) is 0.368. The smallest absolute Gasteiger partial charge is 0.161 e. The highest BCUT2D eigenvalue weighted by molar-refractivity contribution is 5.44. The molecule has 1 fully saturated rings. The lowest BCUT2D eigenvalue weighted by Crippen LogP contribution is -2.28. The van der Waals surface area contributed by atoms with Gasteiger partial charge < -0.3 is 14.8 Å². The first-order valence-corrected chi connectivity index (χ1v) is 7.92. The van der Waals surface area contributed by atoms with Gasteiger partial charge in [-0.1, -0.05) is 36.4 Å². The van der Waals surface area contributed by atoms with E-state index in [9.17, 15) is 0 Å². The van der Waals surface area contributed by atoms with Crippen molar-refractivity contribution in [3.63, 3.8) is 0 Å². The van der Waals surface area contributed by atoms with Crippen LogP contribution in [0.15, 0.2) is 48.5 Å². The Morgan fingerprint density at radius 3 is 2.68 bits per heavy atom. The van der Waals surface area contributed by atoms with Gasteiger partial charge in [0, 0.05) is 6.54 Å². The van der Waals surface area contributed by atoms with Gasteiger partial charge in [-0.15, -0.1) is 0 Å². The van der Waals surface area contributed by atoms with Gasteiger partial charge in [-0.3, -0.25) is 0 Å². The fourth-order valence-corrected chi connectivity index (χ4v) is 2.93. The van der Waals surface area contributed by atoms with Crippen LogP contribution in [0.5, 0.6) is 11.5 Å². The van der Waals surface area contributed by atoms with Crippen molar-refractivity contribution in [2.45, 2.75) is 25.4 Å².